The second-order valence-electron chi connectivity index (χ2n) is 8.47. The zero-order valence-corrected chi connectivity index (χ0v) is 18.6. The van der Waals surface area contributed by atoms with Gasteiger partial charge in [-0.1, -0.05) is 31.4 Å². The molecule has 0 bridgehead atoms. The summed E-state index contributed by atoms with van der Waals surface area (Å²) < 4.78 is 12.1. The van der Waals surface area contributed by atoms with Gasteiger partial charge in [-0.05, 0) is 49.9 Å². The standard InChI is InChI=1S/C26H29N3O4/c27-24(30)10-4-9-23(33-21-7-2-1-3-8-21)22-17-32-26(29-22)19-13-11-18(12-14-19)25(31)20-6-5-15-28-16-20/h5-6,11-17,21,23H,1-4,7-10H2,(H2,27,30). The van der Waals surface area contributed by atoms with Gasteiger partial charge in [0.2, 0.25) is 11.8 Å². The number of ether oxygens (including phenoxy) is 1. The summed E-state index contributed by atoms with van der Waals surface area (Å²) in [5.41, 5.74) is 7.92. The van der Waals surface area contributed by atoms with Crippen LogP contribution in [0.15, 0.2) is 59.5 Å². The molecule has 0 radical (unpaired) electrons. The highest BCUT2D eigenvalue weighted by molar-refractivity contribution is 6.08. The molecule has 2 heterocycles. The largest absolute Gasteiger partial charge is 0.444 e. The second-order valence-corrected chi connectivity index (χ2v) is 8.47. The van der Waals surface area contributed by atoms with Crippen LogP contribution in [0.2, 0.25) is 0 Å². The average Bonchev–Trinajstić information content (AvgIpc) is 3.34. The van der Waals surface area contributed by atoms with Crippen molar-refractivity contribution in [2.24, 2.45) is 5.73 Å². The van der Waals surface area contributed by atoms with Crippen molar-refractivity contribution < 1.29 is 18.7 Å². The van der Waals surface area contributed by atoms with E-state index in [1.165, 1.54) is 19.3 Å². The number of carbonyl (C=O) groups is 2. The van der Waals surface area contributed by atoms with Gasteiger partial charge >= 0.3 is 0 Å². The molecule has 1 atom stereocenters. The smallest absolute Gasteiger partial charge is 0.226 e. The molecule has 1 amide bonds. The number of nitrogens with zero attached hydrogens (tertiary/aromatic N) is 2. The third-order valence-electron chi connectivity index (χ3n) is 5.97. The van der Waals surface area contributed by atoms with Crippen LogP contribution in [0.3, 0.4) is 0 Å². The van der Waals surface area contributed by atoms with Crippen LogP contribution in [0.25, 0.3) is 11.5 Å². The van der Waals surface area contributed by atoms with Crippen molar-refractivity contribution in [1.29, 1.82) is 0 Å². The van der Waals surface area contributed by atoms with Crippen LogP contribution in [0.4, 0.5) is 0 Å². The zero-order chi connectivity index (χ0) is 23.0. The van der Waals surface area contributed by atoms with E-state index in [1.54, 1.807) is 42.9 Å². The summed E-state index contributed by atoms with van der Waals surface area (Å²) in [6, 6.07) is 10.7. The second kappa shape index (κ2) is 11.0. The predicted molar refractivity (Wildman–Crippen MR) is 123 cm³/mol. The number of pyridine rings is 1. The van der Waals surface area contributed by atoms with Crippen molar-refractivity contribution in [3.8, 4) is 11.5 Å². The number of hydrogen-bond acceptors (Lipinski definition) is 6. The molecular weight excluding hydrogens is 418 g/mol. The molecule has 1 aliphatic carbocycles. The summed E-state index contributed by atoms with van der Waals surface area (Å²) in [7, 11) is 0. The number of benzene rings is 1. The highest BCUT2D eigenvalue weighted by Gasteiger charge is 2.23. The quantitative estimate of drug-likeness (QED) is 0.438. The molecular formula is C26H29N3O4. The summed E-state index contributed by atoms with van der Waals surface area (Å²) in [5.74, 6) is 0.0730. The lowest BCUT2D eigenvalue weighted by molar-refractivity contribution is -0.118. The summed E-state index contributed by atoms with van der Waals surface area (Å²) in [4.78, 5) is 32.5. The van der Waals surface area contributed by atoms with Gasteiger partial charge in [-0.2, -0.15) is 0 Å². The Bertz CT molecular complexity index is 1060. The first kappa shape index (κ1) is 22.9. The molecule has 1 saturated carbocycles. The van der Waals surface area contributed by atoms with Gasteiger partial charge in [0.05, 0.1) is 6.10 Å². The molecule has 4 rings (SSSR count). The van der Waals surface area contributed by atoms with E-state index in [4.69, 9.17) is 14.9 Å². The van der Waals surface area contributed by atoms with Gasteiger partial charge in [0.1, 0.15) is 18.1 Å². The highest BCUT2D eigenvalue weighted by Crippen LogP contribution is 2.31. The van der Waals surface area contributed by atoms with Crippen LogP contribution in [0.1, 0.15) is 79.1 Å². The first-order valence-electron chi connectivity index (χ1n) is 11.5. The van der Waals surface area contributed by atoms with Gasteiger partial charge < -0.3 is 14.9 Å². The molecule has 2 aromatic heterocycles. The van der Waals surface area contributed by atoms with Crippen molar-refractivity contribution in [2.45, 2.75) is 63.6 Å². The monoisotopic (exact) mass is 447 g/mol. The third-order valence-corrected chi connectivity index (χ3v) is 5.97. The van der Waals surface area contributed by atoms with Crippen molar-refractivity contribution in [3.63, 3.8) is 0 Å². The Morgan fingerprint density at radius 1 is 1.09 bits per heavy atom. The van der Waals surface area contributed by atoms with Crippen LogP contribution in [-0.2, 0) is 9.53 Å². The third kappa shape index (κ3) is 6.14. The molecule has 0 saturated heterocycles. The minimum Gasteiger partial charge on any atom is -0.444 e. The number of amides is 1. The topological polar surface area (TPSA) is 108 Å². The SMILES string of the molecule is NC(=O)CCCC(OC1CCCCC1)c1coc(-c2ccc(C(=O)c3cccnc3)cc2)n1. The number of nitrogens with two attached hydrogens (primary N) is 1. The maximum absolute atomic E-state index is 12.6. The van der Waals surface area contributed by atoms with E-state index >= 15 is 0 Å². The lowest BCUT2D eigenvalue weighted by atomic mass is 9.97. The molecule has 7 heteroatoms. The van der Waals surface area contributed by atoms with E-state index in [2.05, 4.69) is 9.97 Å². The molecule has 0 spiro atoms. The normalized spacial score (nSPS) is 15.3. The lowest BCUT2D eigenvalue weighted by Gasteiger charge is -2.26. The number of aromatic nitrogens is 2. The fraction of sp³-hybridized carbons (Fsp3) is 0.385. The van der Waals surface area contributed by atoms with Crippen LogP contribution in [0.5, 0.6) is 0 Å². The van der Waals surface area contributed by atoms with Gasteiger partial charge in [0, 0.05) is 35.5 Å². The number of rotatable bonds is 10. The molecule has 172 valence electrons. The molecule has 0 aliphatic heterocycles. The summed E-state index contributed by atoms with van der Waals surface area (Å²) in [6.45, 7) is 0. The number of oxazole rings is 1. The Morgan fingerprint density at radius 3 is 2.58 bits per heavy atom. The Morgan fingerprint density at radius 2 is 1.88 bits per heavy atom. The van der Waals surface area contributed by atoms with E-state index in [9.17, 15) is 9.59 Å². The number of ketones is 1. The van der Waals surface area contributed by atoms with Crippen molar-refractivity contribution >= 4 is 11.7 Å². The molecule has 1 fully saturated rings. The number of primary amides is 1. The molecule has 7 nitrogen and oxygen atoms in total. The fourth-order valence-electron chi connectivity index (χ4n) is 4.18. The number of hydrogen-bond donors (Lipinski definition) is 1. The first-order valence-corrected chi connectivity index (χ1v) is 11.5. The lowest BCUT2D eigenvalue weighted by Crippen LogP contribution is -2.20. The van der Waals surface area contributed by atoms with Crippen LogP contribution in [0, 0.1) is 0 Å². The molecule has 1 unspecified atom stereocenters. The van der Waals surface area contributed by atoms with Crippen molar-refractivity contribution in [3.05, 3.63) is 71.9 Å². The Balaban J connectivity index is 1.47. The molecule has 2 N–H and O–H groups in total. The van der Waals surface area contributed by atoms with Crippen LogP contribution < -0.4 is 5.73 Å². The van der Waals surface area contributed by atoms with E-state index in [0.29, 0.717) is 36.3 Å². The van der Waals surface area contributed by atoms with Gasteiger partial charge in [-0.3, -0.25) is 14.6 Å². The van der Waals surface area contributed by atoms with Crippen molar-refractivity contribution in [2.75, 3.05) is 0 Å². The Labute approximate surface area is 193 Å². The summed E-state index contributed by atoms with van der Waals surface area (Å²) >= 11 is 0. The van der Waals surface area contributed by atoms with Gasteiger partial charge in [-0.15, -0.1) is 0 Å². The van der Waals surface area contributed by atoms with E-state index in [1.807, 2.05) is 12.1 Å². The predicted octanol–water partition coefficient (Wildman–Crippen LogP) is 5.01. The van der Waals surface area contributed by atoms with E-state index in [0.717, 1.165) is 24.1 Å². The minimum absolute atomic E-state index is 0.0851. The van der Waals surface area contributed by atoms with E-state index in [-0.39, 0.29) is 23.9 Å². The van der Waals surface area contributed by atoms with Crippen molar-refractivity contribution in [1.82, 2.24) is 9.97 Å². The van der Waals surface area contributed by atoms with Gasteiger partial charge in [0.15, 0.2) is 5.78 Å². The fourth-order valence-corrected chi connectivity index (χ4v) is 4.18. The van der Waals surface area contributed by atoms with Crippen LogP contribution in [-0.4, -0.2) is 27.8 Å². The van der Waals surface area contributed by atoms with Gasteiger partial charge in [0.25, 0.3) is 0 Å². The molecule has 1 aliphatic rings. The van der Waals surface area contributed by atoms with E-state index < -0.39 is 0 Å². The summed E-state index contributed by atoms with van der Waals surface area (Å²) in [5, 5.41) is 0. The minimum atomic E-state index is -0.312. The molecule has 33 heavy (non-hydrogen) atoms. The van der Waals surface area contributed by atoms with Crippen LogP contribution >= 0.6 is 0 Å². The zero-order valence-electron chi connectivity index (χ0n) is 18.6. The first-order chi connectivity index (χ1) is 16.1. The maximum atomic E-state index is 12.6. The number of carbonyl (C=O) groups excluding carboxylic acids is 2. The Hall–Kier alpha value is -3.32. The maximum Gasteiger partial charge on any atom is 0.226 e. The Kier molecular flexibility index (Phi) is 7.62. The molecule has 1 aromatic carbocycles. The highest BCUT2D eigenvalue weighted by atomic mass is 16.5. The average molecular weight is 448 g/mol. The molecule has 3 aromatic rings. The van der Waals surface area contributed by atoms with Gasteiger partial charge in [-0.25, -0.2) is 4.98 Å². The summed E-state index contributed by atoms with van der Waals surface area (Å²) in [6.07, 6.45) is 12.1.